The molecule has 7 nitrogen and oxygen atoms in total. The zero-order valence-corrected chi connectivity index (χ0v) is 11.0. The van der Waals surface area contributed by atoms with Crippen LogP contribution in [-0.4, -0.2) is 23.7 Å². The zero-order valence-electron chi connectivity index (χ0n) is 10.1. The Morgan fingerprint density at radius 3 is 2.89 bits per heavy atom. The molecule has 1 heterocycles. The summed E-state index contributed by atoms with van der Waals surface area (Å²) in [5.74, 6) is 0.246. The normalized spacial score (nSPS) is 13.4. The van der Waals surface area contributed by atoms with E-state index in [1.807, 2.05) is 0 Å². The lowest BCUT2D eigenvalue weighted by Crippen LogP contribution is -2.24. The summed E-state index contributed by atoms with van der Waals surface area (Å²) in [5, 5.41) is 13.0. The number of hydrogen-bond acceptors (Lipinski definition) is 6. The van der Waals surface area contributed by atoms with E-state index in [0.29, 0.717) is 5.56 Å². The number of sulfonamides is 1. The van der Waals surface area contributed by atoms with Gasteiger partial charge in [-0.25, -0.2) is 13.1 Å². The summed E-state index contributed by atoms with van der Waals surface area (Å²) in [4.78, 5) is 3.79. The molecule has 0 aliphatic rings. The maximum absolute atomic E-state index is 12.0. The molecule has 0 bridgehead atoms. The fraction of sp³-hybridized carbons (Fsp3) is 0.273. The minimum absolute atomic E-state index is 0.0578. The molecule has 102 valence electrons. The van der Waals surface area contributed by atoms with Crippen molar-refractivity contribution in [2.75, 3.05) is 0 Å². The van der Waals surface area contributed by atoms with Crippen LogP contribution < -0.4 is 4.72 Å². The second-order valence-electron chi connectivity index (χ2n) is 3.92. The molecule has 8 heteroatoms. The summed E-state index contributed by atoms with van der Waals surface area (Å²) >= 11 is 0. The van der Waals surface area contributed by atoms with Gasteiger partial charge in [-0.2, -0.15) is 4.98 Å². The third kappa shape index (κ3) is 3.37. The molecule has 2 aromatic rings. The van der Waals surface area contributed by atoms with Gasteiger partial charge in [0.2, 0.25) is 16.4 Å². The van der Waals surface area contributed by atoms with Gasteiger partial charge in [-0.05, 0) is 24.6 Å². The van der Waals surface area contributed by atoms with E-state index in [4.69, 9.17) is 0 Å². The molecule has 0 saturated carbocycles. The van der Waals surface area contributed by atoms with Crippen molar-refractivity contribution in [2.45, 2.75) is 24.5 Å². The van der Waals surface area contributed by atoms with Gasteiger partial charge in [0.25, 0.3) is 0 Å². The van der Waals surface area contributed by atoms with Gasteiger partial charge in [0, 0.05) is 0 Å². The second kappa shape index (κ2) is 5.47. The first-order valence-corrected chi connectivity index (χ1v) is 7.00. The molecule has 1 unspecified atom stereocenters. The van der Waals surface area contributed by atoms with Gasteiger partial charge >= 0.3 is 0 Å². The number of aromatic nitrogens is 2. The first-order valence-electron chi connectivity index (χ1n) is 5.52. The minimum atomic E-state index is -3.68. The van der Waals surface area contributed by atoms with Gasteiger partial charge in [-0.3, -0.25) is 0 Å². The molecule has 2 rings (SSSR count). The smallest absolute Gasteiger partial charge is 0.240 e. The van der Waals surface area contributed by atoms with Gasteiger partial charge < -0.3 is 9.63 Å². The average Bonchev–Trinajstić information content (AvgIpc) is 2.90. The van der Waals surface area contributed by atoms with E-state index in [9.17, 15) is 13.5 Å². The summed E-state index contributed by atoms with van der Waals surface area (Å²) < 4.78 is 30.9. The third-order valence-corrected chi connectivity index (χ3v) is 3.88. The lowest BCUT2D eigenvalue weighted by molar-refractivity contribution is 0.199. The summed E-state index contributed by atoms with van der Waals surface area (Å²) in [6, 6.07) is 6.10. The van der Waals surface area contributed by atoms with Crippen LogP contribution in [-0.2, 0) is 16.6 Å². The topological polar surface area (TPSA) is 105 Å². The largest absolute Gasteiger partial charge is 0.389 e. The highest BCUT2D eigenvalue weighted by Gasteiger charge is 2.16. The van der Waals surface area contributed by atoms with Crippen molar-refractivity contribution in [2.24, 2.45) is 0 Å². The Kier molecular flexibility index (Phi) is 3.93. The van der Waals surface area contributed by atoms with Crippen LogP contribution in [0.2, 0.25) is 0 Å². The van der Waals surface area contributed by atoms with Crippen molar-refractivity contribution in [1.29, 1.82) is 0 Å². The molecule has 0 aliphatic carbocycles. The Morgan fingerprint density at radius 1 is 1.47 bits per heavy atom. The molecule has 1 aromatic heterocycles. The molecule has 1 atom stereocenters. The Hall–Kier alpha value is -1.77. The van der Waals surface area contributed by atoms with E-state index in [0.717, 1.165) is 6.39 Å². The van der Waals surface area contributed by atoms with Crippen LogP contribution >= 0.6 is 0 Å². The predicted molar refractivity (Wildman–Crippen MR) is 65.4 cm³/mol. The molecule has 1 aromatic carbocycles. The van der Waals surface area contributed by atoms with Crippen LogP contribution in [0.1, 0.15) is 24.4 Å². The molecule has 0 radical (unpaired) electrons. The van der Waals surface area contributed by atoms with Crippen molar-refractivity contribution < 1.29 is 18.0 Å². The van der Waals surface area contributed by atoms with Gasteiger partial charge in [0.05, 0.1) is 17.5 Å². The van der Waals surface area contributed by atoms with E-state index in [1.165, 1.54) is 12.1 Å². The first-order chi connectivity index (χ1) is 8.99. The van der Waals surface area contributed by atoms with Crippen molar-refractivity contribution in [1.82, 2.24) is 14.9 Å². The Morgan fingerprint density at radius 2 is 2.26 bits per heavy atom. The van der Waals surface area contributed by atoms with E-state index in [2.05, 4.69) is 19.4 Å². The third-order valence-electron chi connectivity index (χ3n) is 2.48. The molecule has 0 spiro atoms. The summed E-state index contributed by atoms with van der Waals surface area (Å²) in [7, 11) is -3.68. The van der Waals surface area contributed by atoms with E-state index < -0.39 is 16.1 Å². The van der Waals surface area contributed by atoms with Crippen LogP contribution in [0.15, 0.2) is 40.1 Å². The van der Waals surface area contributed by atoms with Gasteiger partial charge in [0.1, 0.15) is 0 Å². The van der Waals surface area contributed by atoms with E-state index in [-0.39, 0.29) is 17.3 Å². The monoisotopic (exact) mass is 283 g/mol. The standard InChI is InChI=1S/C11H13N3O4S/c1-8(15)9-3-2-4-10(5-9)19(16,17)13-6-11-12-7-18-14-11/h2-5,7-8,13,15H,6H2,1H3. The summed E-state index contributed by atoms with van der Waals surface area (Å²) in [6.45, 7) is 1.51. The SMILES string of the molecule is CC(O)c1cccc(S(=O)(=O)NCc2ncon2)c1. The zero-order chi connectivity index (χ0) is 13.9. The van der Waals surface area contributed by atoms with Crippen LogP contribution in [0.25, 0.3) is 0 Å². The lowest BCUT2D eigenvalue weighted by atomic mass is 10.1. The molecule has 0 aliphatic heterocycles. The molecule has 0 amide bonds. The van der Waals surface area contributed by atoms with Crippen LogP contribution in [0.3, 0.4) is 0 Å². The maximum Gasteiger partial charge on any atom is 0.240 e. The minimum Gasteiger partial charge on any atom is -0.389 e. The lowest BCUT2D eigenvalue weighted by Gasteiger charge is -2.08. The van der Waals surface area contributed by atoms with Crippen LogP contribution in [0.4, 0.5) is 0 Å². The van der Waals surface area contributed by atoms with Gasteiger partial charge in [0.15, 0.2) is 5.82 Å². The fourth-order valence-electron chi connectivity index (χ4n) is 1.45. The quantitative estimate of drug-likeness (QED) is 0.832. The van der Waals surface area contributed by atoms with Crippen LogP contribution in [0, 0.1) is 0 Å². The van der Waals surface area contributed by atoms with Crippen molar-refractivity contribution in [3.8, 4) is 0 Å². The highest BCUT2D eigenvalue weighted by molar-refractivity contribution is 7.89. The Bertz CT molecular complexity index is 638. The van der Waals surface area contributed by atoms with E-state index >= 15 is 0 Å². The number of aliphatic hydroxyl groups excluding tert-OH is 1. The molecular formula is C11H13N3O4S. The molecule has 2 N–H and O–H groups in total. The first kappa shape index (κ1) is 13.7. The van der Waals surface area contributed by atoms with Crippen molar-refractivity contribution in [3.05, 3.63) is 42.0 Å². The molecule has 0 saturated heterocycles. The molecular weight excluding hydrogens is 270 g/mol. The molecule has 19 heavy (non-hydrogen) atoms. The predicted octanol–water partition coefficient (Wildman–Crippen LogP) is 0.601. The molecule has 0 fully saturated rings. The van der Waals surface area contributed by atoms with Gasteiger partial charge in [-0.1, -0.05) is 17.3 Å². The Labute approximate surface area is 110 Å². The summed E-state index contributed by atoms with van der Waals surface area (Å²) in [6.07, 6.45) is 0.393. The number of aliphatic hydroxyl groups is 1. The van der Waals surface area contributed by atoms with Crippen molar-refractivity contribution >= 4 is 10.0 Å². The highest BCUT2D eigenvalue weighted by Crippen LogP contribution is 2.17. The van der Waals surface area contributed by atoms with Crippen LogP contribution in [0.5, 0.6) is 0 Å². The summed E-state index contributed by atoms with van der Waals surface area (Å²) in [5.41, 5.74) is 0.530. The number of benzene rings is 1. The number of hydrogen-bond donors (Lipinski definition) is 2. The number of nitrogens with one attached hydrogen (secondary N) is 1. The maximum atomic E-state index is 12.0. The highest BCUT2D eigenvalue weighted by atomic mass is 32.2. The number of nitrogens with zero attached hydrogens (tertiary/aromatic N) is 2. The average molecular weight is 283 g/mol. The number of rotatable bonds is 5. The fourth-order valence-corrected chi connectivity index (χ4v) is 2.49. The van der Waals surface area contributed by atoms with Gasteiger partial charge in [-0.15, -0.1) is 0 Å². The van der Waals surface area contributed by atoms with Crippen molar-refractivity contribution in [3.63, 3.8) is 0 Å². The second-order valence-corrected chi connectivity index (χ2v) is 5.69. The van der Waals surface area contributed by atoms with E-state index in [1.54, 1.807) is 19.1 Å². The Balaban J connectivity index is 2.17.